The van der Waals surface area contributed by atoms with Crippen LogP contribution in [0.5, 0.6) is 0 Å². The Bertz CT molecular complexity index is 1960. The van der Waals surface area contributed by atoms with Gasteiger partial charge in [0.15, 0.2) is 0 Å². The van der Waals surface area contributed by atoms with E-state index in [0.717, 1.165) is 24.2 Å². The Labute approximate surface area is 354 Å². The molecule has 1 atom stereocenters. The van der Waals surface area contributed by atoms with E-state index in [0.29, 0.717) is 11.3 Å². The van der Waals surface area contributed by atoms with Crippen LogP contribution < -0.4 is 24.8 Å². The average Bonchev–Trinajstić information content (AvgIpc) is 3.72. The van der Waals surface area contributed by atoms with Gasteiger partial charge in [0.2, 0.25) is 0 Å². The molecule has 4 saturated carbocycles. The summed E-state index contributed by atoms with van der Waals surface area (Å²) in [6.07, 6.45) is 23.9. The Kier molecular flexibility index (Phi) is 11.8. The maximum absolute atomic E-state index is 3.65. The number of halogens is 2. The molecule has 0 amide bonds. The molecule has 8 aliphatic carbocycles. The molecule has 4 fully saturated rings. The van der Waals surface area contributed by atoms with Gasteiger partial charge in [0.25, 0.3) is 0 Å². The van der Waals surface area contributed by atoms with Gasteiger partial charge in [-0.2, -0.15) is 17.2 Å². The minimum Gasteiger partial charge on any atom is -1.00 e. The summed E-state index contributed by atoms with van der Waals surface area (Å²) in [6.45, 7) is 20.3. The quantitative estimate of drug-likeness (QED) is 0.194. The minimum atomic E-state index is 0. The van der Waals surface area contributed by atoms with E-state index in [9.17, 15) is 0 Å². The van der Waals surface area contributed by atoms with E-state index in [-0.39, 0.29) is 35.6 Å². The molecule has 3 aromatic rings. The number of fused-ring (bicyclic) bond motifs is 5. The van der Waals surface area contributed by atoms with Gasteiger partial charge < -0.3 is 24.8 Å². The molecule has 0 heterocycles. The summed E-state index contributed by atoms with van der Waals surface area (Å²) < 4.78 is 2.19. The zero-order valence-electron chi connectivity index (χ0n) is 34.1. The molecule has 1 unspecified atom stereocenters. The molecule has 0 saturated heterocycles. The van der Waals surface area contributed by atoms with Crippen LogP contribution >= 0.6 is 0 Å². The van der Waals surface area contributed by atoms with Gasteiger partial charge in [0.05, 0.1) is 0 Å². The van der Waals surface area contributed by atoms with Crippen molar-refractivity contribution in [3.8, 4) is 11.1 Å². The molecule has 0 N–H and O–H groups in total. The Balaban J connectivity index is 0.000000150. The molecule has 0 radical (unpaired) electrons. The van der Waals surface area contributed by atoms with Crippen molar-refractivity contribution in [2.75, 3.05) is 0 Å². The molecular formula is C51H58Cl2Zr-2. The van der Waals surface area contributed by atoms with Crippen molar-refractivity contribution in [2.45, 2.75) is 125 Å². The molecule has 282 valence electrons. The van der Waals surface area contributed by atoms with Gasteiger partial charge in [-0.1, -0.05) is 84.4 Å². The Morgan fingerprint density at radius 3 is 1.81 bits per heavy atom. The zero-order valence-corrected chi connectivity index (χ0v) is 38.0. The van der Waals surface area contributed by atoms with Crippen molar-refractivity contribution in [3.63, 3.8) is 0 Å². The third-order valence-corrected chi connectivity index (χ3v) is 14.6. The van der Waals surface area contributed by atoms with E-state index in [2.05, 4.69) is 139 Å². The molecule has 0 aliphatic heterocycles. The Morgan fingerprint density at radius 2 is 1.28 bits per heavy atom. The molecular weight excluding hydrogens is 775 g/mol. The molecule has 11 rings (SSSR count). The fourth-order valence-corrected chi connectivity index (χ4v) is 12.4. The molecule has 3 heteroatoms. The molecule has 8 aliphatic rings. The number of hydrogen-bond donors (Lipinski definition) is 0. The van der Waals surface area contributed by atoms with Crippen LogP contribution in [0.15, 0.2) is 71.8 Å². The van der Waals surface area contributed by atoms with E-state index in [1.165, 1.54) is 103 Å². The van der Waals surface area contributed by atoms with Crippen LogP contribution in [0.3, 0.4) is 0 Å². The van der Waals surface area contributed by atoms with Crippen molar-refractivity contribution in [1.29, 1.82) is 0 Å². The first-order chi connectivity index (χ1) is 24.6. The standard InChI is InChI=1S/C25H25.C18H25.C8H8.2ClH.Zr/c1-14-12-24(3,4)22-8-16-7-17-9-23-19(15(2)13-25(23,5)6)11-21(17)20(16)10-18(14)22;1-12-3-13(2)17(4-12)11-18-8-14-5-15(9-18)7-16(6-14)10-18;1-7-3-5-8(2)6-4-7;;;/h8-12H,7H2,1-6H3;4,12,14-16H,5-11H2,1-2H3;1,3-6H,2H3;2*1H;/q2*-1;;;;+2/p-2. The topological polar surface area (TPSA) is 0 Å². The summed E-state index contributed by atoms with van der Waals surface area (Å²) >= 11 is 1.47. The molecule has 0 spiro atoms. The van der Waals surface area contributed by atoms with Crippen LogP contribution in [-0.2, 0) is 41.5 Å². The summed E-state index contributed by atoms with van der Waals surface area (Å²) in [4.78, 5) is 0. The predicted molar refractivity (Wildman–Crippen MR) is 218 cm³/mol. The van der Waals surface area contributed by atoms with Gasteiger partial charge in [-0.05, 0) is 120 Å². The van der Waals surface area contributed by atoms with Crippen molar-refractivity contribution >= 4 is 14.9 Å². The monoisotopic (exact) mass is 830 g/mol. The van der Waals surface area contributed by atoms with E-state index >= 15 is 0 Å². The maximum Gasteiger partial charge on any atom is -1.00 e. The van der Waals surface area contributed by atoms with Gasteiger partial charge in [-0.25, -0.2) is 11.1 Å². The fourth-order valence-electron chi connectivity index (χ4n) is 11.9. The first-order valence-electron chi connectivity index (χ1n) is 20.2. The van der Waals surface area contributed by atoms with Crippen molar-refractivity contribution in [2.24, 2.45) is 29.1 Å². The molecule has 54 heavy (non-hydrogen) atoms. The SMILES string of the molecule is CC1=[C-]C(C)(C)c2cc3c(cc21)-c1cc2c(cc1C3)C(C)(C)C=C2C.CC1=[C-]C(C)C=C1CC12CC3CC(CC(C3)C1)C2.Cc1ccc([CH]=[Zr+2])cc1.[Cl-].[Cl-]. The smallest absolute Gasteiger partial charge is 1.00 e. The zero-order chi connectivity index (χ0) is 36.7. The van der Waals surface area contributed by atoms with Gasteiger partial charge >= 0.3 is 70.3 Å². The minimum absolute atomic E-state index is 0. The maximum atomic E-state index is 3.65. The van der Waals surface area contributed by atoms with E-state index < -0.39 is 0 Å². The van der Waals surface area contributed by atoms with Gasteiger partial charge in [0.1, 0.15) is 0 Å². The third-order valence-electron chi connectivity index (χ3n) is 13.8. The van der Waals surface area contributed by atoms with E-state index in [1.54, 1.807) is 44.1 Å². The summed E-state index contributed by atoms with van der Waals surface area (Å²) in [5, 5.41) is 0. The average molecular weight is 833 g/mol. The summed E-state index contributed by atoms with van der Waals surface area (Å²) in [6, 6.07) is 18.4. The second-order valence-electron chi connectivity index (χ2n) is 19.1. The molecule has 0 nitrogen and oxygen atoms in total. The molecule has 0 aromatic heterocycles. The number of hydrogen-bond acceptors (Lipinski definition) is 0. The van der Waals surface area contributed by atoms with Crippen LogP contribution in [0.4, 0.5) is 0 Å². The predicted octanol–water partition coefficient (Wildman–Crippen LogP) is 7.07. The summed E-state index contributed by atoms with van der Waals surface area (Å²) in [7, 11) is 0. The summed E-state index contributed by atoms with van der Waals surface area (Å²) in [5.41, 5.74) is 21.0. The molecule has 4 bridgehead atoms. The van der Waals surface area contributed by atoms with Gasteiger partial charge in [0, 0.05) is 5.41 Å². The Morgan fingerprint density at radius 1 is 0.722 bits per heavy atom. The first kappa shape index (κ1) is 41.6. The van der Waals surface area contributed by atoms with Crippen LogP contribution in [0.1, 0.15) is 145 Å². The van der Waals surface area contributed by atoms with Gasteiger partial charge in [-0.15, -0.1) is 11.6 Å². The van der Waals surface area contributed by atoms with Gasteiger partial charge in [-0.3, -0.25) is 12.2 Å². The van der Waals surface area contributed by atoms with Crippen LogP contribution in [0.2, 0.25) is 0 Å². The number of rotatable bonds is 3. The second-order valence-corrected chi connectivity index (χ2v) is 19.8. The van der Waals surface area contributed by atoms with Crippen molar-refractivity contribution < 1.29 is 49.0 Å². The largest absolute Gasteiger partial charge is 1.00 e. The van der Waals surface area contributed by atoms with E-state index in [1.807, 2.05) is 0 Å². The van der Waals surface area contributed by atoms with Crippen molar-refractivity contribution in [3.05, 3.63) is 128 Å². The van der Waals surface area contributed by atoms with E-state index in [4.69, 9.17) is 0 Å². The number of benzene rings is 3. The number of allylic oxidation sites excluding steroid dienone is 8. The summed E-state index contributed by atoms with van der Waals surface area (Å²) in [5.74, 6) is 3.82. The normalized spacial score (nSPS) is 27.5. The van der Waals surface area contributed by atoms with Crippen molar-refractivity contribution in [1.82, 2.24) is 0 Å². The Hall–Kier alpha value is -2.05. The number of aryl methyl sites for hydroxylation is 1. The first-order valence-corrected chi connectivity index (χ1v) is 21.6. The van der Waals surface area contributed by atoms with Crippen LogP contribution in [0.25, 0.3) is 22.3 Å². The second kappa shape index (κ2) is 15.4. The fraction of sp³-hybridized carbons (Fsp3) is 0.471. The van der Waals surface area contributed by atoms with Crippen LogP contribution in [0, 0.1) is 48.2 Å². The van der Waals surface area contributed by atoms with Crippen LogP contribution in [-0.4, -0.2) is 3.71 Å². The third kappa shape index (κ3) is 7.79. The molecule has 3 aromatic carbocycles.